The number of hydrogen-bond donors (Lipinski definition) is 0. The largest absolute Gasteiger partial charge is 0.292 e. The number of nitrogens with zero attached hydrogens (tertiary/aromatic N) is 2. The molecule has 0 aromatic carbocycles. The van der Waals surface area contributed by atoms with Crippen molar-refractivity contribution in [3.63, 3.8) is 0 Å². The SMILES string of the molecule is CC(C)CCC(=O)c1cccc(-c2ccccn2)n1. The smallest absolute Gasteiger partial charge is 0.181 e. The van der Waals surface area contributed by atoms with E-state index >= 15 is 0 Å². The average molecular weight is 254 g/mol. The van der Waals surface area contributed by atoms with Gasteiger partial charge in [-0.15, -0.1) is 0 Å². The first kappa shape index (κ1) is 13.4. The van der Waals surface area contributed by atoms with Crippen molar-refractivity contribution in [2.45, 2.75) is 26.7 Å². The zero-order chi connectivity index (χ0) is 13.7. The number of hydrogen-bond acceptors (Lipinski definition) is 3. The van der Waals surface area contributed by atoms with E-state index in [4.69, 9.17) is 0 Å². The van der Waals surface area contributed by atoms with E-state index in [1.54, 1.807) is 12.3 Å². The van der Waals surface area contributed by atoms with Gasteiger partial charge in [-0.2, -0.15) is 0 Å². The number of Topliss-reactive ketones (excluding diaryl/α,β-unsaturated/α-hetero) is 1. The van der Waals surface area contributed by atoms with Crippen LogP contribution in [-0.4, -0.2) is 15.8 Å². The van der Waals surface area contributed by atoms with Crippen molar-refractivity contribution in [3.8, 4) is 11.4 Å². The Bertz CT molecular complexity index is 550. The van der Waals surface area contributed by atoms with Crippen LogP contribution in [0.3, 0.4) is 0 Å². The highest BCUT2D eigenvalue weighted by Crippen LogP contribution is 2.15. The molecule has 2 aromatic rings. The van der Waals surface area contributed by atoms with Crippen molar-refractivity contribution >= 4 is 5.78 Å². The van der Waals surface area contributed by atoms with Gasteiger partial charge in [0.15, 0.2) is 5.78 Å². The predicted molar refractivity (Wildman–Crippen MR) is 75.9 cm³/mol. The van der Waals surface area contributed by atoms with Crippen molar-refractivity contribution in [2.75, 3.05) is 0 Å². The van der Waals surface area contributed by atoms with Crippen molar-refractivity contribution in [3.05, 3.63) is 48.3 Å². The lowest BCUT2D eigenvalue weighted by molar-refractivity contribution is 0.0970. The average Bonchev–Trinajstić information content (AvgIpc) is 2.46. The molecule has 98 valence electrons. The fourth-order valence-electron chi connectivity index (χ4n) is 1.79. The van der Waals surface area contributed by atoms with Crippen LogP contribution in [0, 0.1) is 5.92 Å². The molecule has 0 spiro atoms. The van der Waals surface area contributed by atoms with E-state index in [-0.39, 0.29) is 5.78 Å². The third kappa shape index (κ3) is 3.71. The number of carbonyl (C=O) groups is 1. The van der Waals surface area contributed by atoms with Crippen LogP contribution in [0.15, 0.2) is 42.6 Å². The van der Waals surface area contributed by atoms with Gasteiger partial charge < -0.3 is 0 Å². The van der Waals surface area contributed by atoms with E-state index in [0.717, 1.165) is 17.8 Å². The van der Waals surface area contributed by atoms with Gasteiger partial charge in [0.1, 0.15) is 5.69 Å². The molecule has 0 aliphatic heterocycles. The number of pyridine rings is 2. The van der Waals surface area contributed by atoms with Gasteiger partial charge in [-0.25, -0.2) is 4.98 Å². The normalized spacial score (nSPS) is 10.7. The zero-order valence-electron chi connectivity index (χ0n) is 11.3. The third-order valence-corrected chi connectivity index (χ3v) is 2.91. The molecule has 0 fully saturated rings. The lowest BCUT2D eigenvalue weighted by Crippen LogP contribution is -2.04. The Hall–Kier alpha value is -2.03. The summed E-state index contributed by atoms with van der Waals surface area (Å²) in [6.07, 6.45) is 3.18. The summed E-state index contributed by atoms with van der Waals surface area (Å²) >= 11 is 0. The van der Waals surface area contributed by atoms with Gasteiger partial charge in [0.05, 0.1) is 11.4 Å². The van der Waals surface area contributed by atoms with Gasteiger partial charge in [0.2, 0.25) is 0 Å². The maximum Gasteiger partial charge on any atom is 0.181 e. The van der Waals surface area contributed by atoms with Crippen LogP contribution < -0.4 is 0 Å². The van der Waals surface area contributed by atoms with E-state index in [0.29, 0.717) is 18.0 Å². The van der Waals surface area contributed by atoms with Gasteiger partial charge in [0.25, 0.3) is 0 Å². The van der Waals surface area contributed by atoms with Crippen LogP contribution >= 0.6 is 0 Å². The molecule has 3 nitrogen and oxygen atoms in total. The van der Waals surface area contributed by atoms with Crippen LogP contribution in [0.1, 0.15) is 37.2 Å². The van der Waals surface area contributed by atoms with Crippen LogP contribution in [0.4, 0.5) is 0 Å². The number of ketones is 1. The lowest BCUT2D eigenvalue weighted by atomic mass is 10.0. The van der Waals surface area contributed by atoms with Crippen LogP contribution in [-0.2, 0) is 0 Å². The summed E-state index contributed by atoms with van der Waals surface area (Å²) in [6.45, 7) is 4.23. The molecule has 2 heterocycles. The van der Waals surface area contributed by atoms with E-state index in [1.165, 1.54) is 0 Å². The predicted octanol–water partition coefficient (Wildman–Crippen LogP) is 3.76. The molecule has 0 saturated carbocycles. The number of aromatic nitrogens is 2. The number of carbonyl (C=O) groups excluding carboxylic acids is 1. The highest BCUT2D eigenvalue weighted by molar-refractivity contribution is 5.94. The standard InChI is InChI=1S/C16H18N2O/c1-12(2)9-10-16(19)15-8-5-7-14(18-15)13-6-3-4-11-17-13/h3-8,11-12H,9-10H2,1-2H3. The molecule has 2 aromatic heterocycles. The first-order valence-corrected chi connectivity index (χ1v) is 6.58. The van der Waals surface area contributed by atoms with Crippen molar-refractivity contribution in [2.24, 2.45) is 5.92 Å². The fourth-order valence-corrected chi connectivity index (χ4v) is 1.79. The second-order valence-corrected chi connectivity index (χ2v) is 4.98. The zero-order valence-corrected chi connectivity index (χ0v) is 11.3. The maximum absolute atomic E-state index is 12.0. The summed E-state index contributed by atoms with van der Waals surface area (Å²) in [6, 6.07) is 11.2. The molecule has 0 unspecified atom stereocenters. The maximum atomic E-state index is 12.0. The highest BCUT2D eigenvalue weighted by Gasteiger charge is 2.10. The van der Waals surface area contributed by atoms with E-state index in [2.05, 4.69) is 23.8 Å². The molecular formula is C16H18N2O. The van der Waals surface area contributed by atoms with Crippen molar-refractivity contribution in [1.82, 2.24) is 9.97 Å². The first-order chi connectivity index (χ1) is 9.16. The van der Waals surface area contributed by atoms with Crippen molar-refractivity contribution in [1.29, 1.82) is 0 Å². The molecule has 0 radical (unpaired) electrons. The summed E-state index contributed by atoms with van der Waals surface area (Å²) in [4.78, 5) is 20.7. The second kappa shape index (κ2) is 6.23. The van der Waals surface area contributed by atoms with Crippen molar-refractivity contribution < 1.29 is 4.79 Å². The van der Waals surface area contributed by atoms with E-state index in [1.807, 2.05) is 30.3 Å². The van der Waals surface area contributed by atoms with Crippen LogP contribution in [0.25, 0.3) is 11.4 Å². The molecule has 0 atom stereocenters. The van der Waals surface area contributed by atoms with Crippen LogP contribution in [0.2, 0.25) is 0 Å². The molecule has 0 aliphatic carbocycles. The van der Waals surface area contributed by atoms with E-state index < -0.39 is 0 Å². The van der Waals surface area contributed by atoms with E-state index in [9.17, 15) is 4.79 Å². The Morgan fingerprint density at radius 1 is 1.11 bits per heavy atom. The summed E-state index contributed by atoms with van der Waals surface area (Å²) < 4.78 is 0. The molecule has 0 N–H and O–H groups in total. The van der Waals surface area contributed by atoms with Crippen LogP contribution in [0.5, 0.6) is 0 Å². The monoisotopic (exact) mass is 254 g/mol. The summed E-state index contributed by atoms with van der Waals surface area (Å²) in [5.41, 5.74) is 2.07. The molecular weight excluding hydrogens is 236 g/mol. The first-order valence-electron chi connectivity index (χ1n) is 6.58. The Morgan fingerprint density at radius 3 is 2.58 bits per heavy atom. The Morgan fingerprint density at radius 2 is 1.89 bits per heavy atom. The Kier molecular flexibility index (Phi) is 4.39. The van der Waals surface area contributed by atoms with Gasteiger partial charge in [-0.3, -0.25) is 9.78 Å². The molecule has 2 rings (SSSR count). The summed E-state index contributed by atoms with van der Waals surface area (Å²) in [7, 11) is 0. The minimum absolute atomic E-state index is 0.103. The number of rotatable bonds is 5. The minimum atomic E-state index is 0.103. The minimum Gasteiger partial charge on any atom is -0.292 e. The molecule has 0 aliphatic rings. The third-order valence-electron chi connectivity index (χ3n) is 2.91. The summed E-state index contributed by atoms with van der Waals surface area (Å²) in [5.74, 6) is 0.634. The topological polar surface area (TPSA) is 42.9 Å². The quantitative estimate of drug-likeness (QED) is 0.763. The second-order valence-electron chi connectivity index (χ2n) is 4.98. The Balaban J connectivity index is 2.18. The highest BCUT2D eigenvalue weighted by atomic mass is 16.1. The lowest BCUT2D eigenvalue weighted by Gasteiger charge is -2.05. The molecule has 3 heteroatoms. The molecule has 0 amide bonds. The van der Waals surface area contributed by atoms with Gasteiger partial charge in [-0.1, -0.05) is 26.0 Å². The van der Waals surface area contributed by atoms with Gasteiger partial charge in [0, 0.05) is 12.6 Å². The molecule has 0 saturated heterocycles. The molecule has 19 heavy (non-hydrogen) atoms. The van der Waals surface area contributed by atoms with Gasteiger partial charge in [-0.05, 0) is 36.6 Å². The molecule has 0 bridgehead atoms. The Labute approximate surface area is 113 Å². The van der Waals surface area contributed by atoms with Gasteiger partial charge >= 0.3 is 0 Å². The fraction of sp³-hybridized carbons (Fsp3) is 0.312. The summed E-state index contributed by atoms with van der Waals surface area (Å²) in [5, 5.41) is 0.